The van der Waals surface area contributed by atoms with E-state index in [1.807, 2.05) is 20.8 Å². The number of nitrogens with one attached hydrogen (secondary N) is 2. The van der Waals surface area contributed by atoms with Gasteiger partial charge in [0.25, 0.3) is 6.10 Å². The minimum Gasteiger partial charge on any atom is -0.504 e. The average Bonchev–Trinajstić information content (AvgIpc) is 2.84. The Hall–Kier alpha value is -3.63. The van der Waals surface area contributed by atoms with Crippen LogP contribution in [0.4, 0.5) is 4.79 Å². The van der Waals surface area contributed by atoms with Gasteiger partial charge >= 0.3 is 12.1 Å². The number of carboxylic acid groups (broad SMARTS) is 1. The number of hydrogen-bond acceptors (Lipinski definition) is 8. The number of alkyl carbamates (subject to hydrolysis) is 1. The van der Waals surface area contributed by atoms with Crippen molar-refractivity contribution >= 4 is 29.5 Å². The molecule has 1 unspecified atom stereocenters. The molecule has 1 aromatic rings. The van der Waals surface area contributed by atoms with Crippen LogP contribution in [0, 0.1) is 11.8 Å². The summed E-state index contributed by atoms with van der Waals surface area (Å²) in [5.74, 6) is -3.79. The molecule has 1 aliphatic carbocycles. The molecule has 0 bridgehead atoms. The monoisotopic (exact) mass is 520 g/mol. The molecule has 0 aliphatic heterocycles. The summed E-state index contributed by atoms with van der Waals surface area (Å²) in [4.78, 5) is 59.8. The molecule has 1 aliphatic rings. The molecule has 37 heavy (non-hydrogen) atoms. The molecule has 1 aromatic carbocycles. The third-order valence-electron chi connectivity index (χ3n) is 6.52. The summed E-state index contributed by atoms with van der Waals surface area (Å²) < 4.78 is 10.5. The number of amides is 2. The SMILES string of the molecule is CCC(C)(C)OC(=O)NCC1CCC(C(=O)NCC(=O)c2ccc(O)c(OC(C(C)=O)C(=O)O)c2)CC1. The maximum Gasteiger partial charge on any atom is 0.407 e. The van der Waals surface area contributed by atoms with Crippen LogP contribution < -0.4 is 15.4 Å². The molecule has 11 nitrogen and oxygen atoms in total. The summed E-state index contributed by atoms with van der Waals surface area (Å²) in [7, 11) is 0. The second-order valence-corrected chi connectivity index (χ2v) is 9.87. The van der Waals surface area contributed by atoms with E-state index in [0.717, 1.165) is 31.9 Å². The number of Topliss-reactive ketones (excluding diaryl/α,β-unsaturated/α-hetero) is 2. The van der Waals surface area contributed by atoms with Gasteiger partial charge in [-0.1, -0.05) is 6.92 Å². The van der Waals surface area contributed by atoms with Crippen molar-refractivity contribution < 1.29 is 43.7 Å². The Bertz CT molecular complexity index is 999. The Morgan fingerprint density at radius 2 is 1.73 bits per heavy atom. The highest BCUT2D eigenvalue weighted by Crippen LogP contribution is 2.30. The van der Waals surface area contributed by atoms with Gasteiger partial charge in [-0.15, -0.1) is 0 Å². The number of phenolic OH excluding ortho intramolecular Hbond substituents is 1. The Morgan fingerprint density at radius 1 is 1.08 bits per heavy atom. The summed E-state index contributed by atoms with van der Waals surface area (Å²) in [6, 6.07) is 3.59. The molecule has 4 N–H and O–H groups in total. The van der Waals surface area contributed by atoms with Gasteiger partial charge in [0, 0.05) is 18.0 Å². The standard InChI is InChI=1S/C26H36N2O9/c1-5-26(3,4)37-25(35)28-13-16-6-8-17(9-7-16)23(32)27-14-20(31)18-10-11-19(30)21(12-18)36-22(15(2)29)24(33)34/h10-12,16-17,22,30H,5-9,13-14H2,1-4H3,(H,27,32)(H,28,35)(H,33,34). The van der Waals surface area contributed by atoms with Crippen LogP contribution in [0.15, 0.2) is 18.2 Å². The van der Waals surface area contributed by atoms with E-state index in [4.69, 9.17) is 14.6 Å². The van der Waals surface area contributed by atoms with Gasteiger partial charge in [0.15, 0.2) is 23.1 Å². The van der Waals surface area contributed by atoms with Gasteiger partial charge in [-0.25, -0.2) is 9.59 Å². The van der Waals surface area contributed by atoms with E-state index in [1.54, 1.807) is 0 Å². The topological polar surface area (TPSA) is 168 Å². The highest BCUT2D eigenvalue weighted by Gasteiger charge is 2.29. The second-order valence-electron chi connectivity index (χ2n) is 9.87. The van der Waals surface area contributed by atoms with Gasteiger partial charge in [0.1, 0.15) is 5.60 Å². The first-order valence-corrected chi connectivity index (χ1v) is 12.3. The first-order chi connectivity index (χ1) is 17.3. The van der Waals surface area contributed by atoms with Crippen molar-refractivity contribution in [2.75, 3.05) is 13.1 Å². The maximum absolute atomic E-state index is 12.6. The van der Waals surface area contributed by atoms with E-state index >= 15 is 0 Å². The average molecular weight is 521 g/mol. The van der Waals surface area contributed by atoms with Gasteiger partial charge in [-0.3, -0.25) is 14.4 Å². The number of phenols is 1. The molecule has 0 spiro atoms. The number of aliphatic carboxylic acids is 1. The summed E-state index contributed by atoms with van der Waals surface area (Å²) >= 11 is 0. The molecule has 1 atom stereocenters. The van der Waals surface area contributed by atoms with Gasteiger partial charge in [-0.2, -0.15) is 0 Å². The molecule has 0 radical (unpaired) electrons. The number of aromatic hydroxyl groups is 1. The van der Waals surface area contributed by atoms with Gasteiger partial charge in [-0.05, 0) is 77.0 Å². The predicted molar refractivity (Wildman–Crippen MR) is 132 cm³/mol. The first kappa shape index (κ1) is 29.6. The van der Waals surface area contributed by atoms with Crippen molar-refractivity contribution in [2.24, 2.45) is 11.8 Å². The number of ether oxygens (including phenoxy) is 2. The lowest BCUT2D eigenvalue weighted by Gasteiger charge is -2.28. The summed E-state index contributed by atoms with van der Waals surface area (Å²) in [5, 5.41) is 24.4. The highest BCUT2D eigenvalue weighted by molar-refractivity contribution is 6.01. The van der Waals surface area contributed by atoms with Crippen LogP contribution in [0.1, 0.15) is 70.2 Å². The van der Waals surface area contributed by atoms with E-state index < -0.39 is 41.1 Å². The molecule has 0 heterocycles. The molecule has 2 rings (SSSR count). The van der Waals surface area contributed by atoms with Crippen molar-refractivity contribution in [3.8, 4) is 11.5 Å². The normalized spacial score (nSPS) is 18.3. The maximum atomic E-state index is 12.6. The fraction of sp³-hybridized carbons (Fsp3) is 0.577. The summed E-state index contributed by atoms with van der Waals surface area (Å²) in [6.07, 6.45) is 1.19. The zero-order valence-corrected chi connectivity index (χ0v) is 21.7. The highest BCUT2D eigenvalue weighted by atomic mass is 16.6. The molecule has 2 amide bonds. The number of benzene rings is 1. The number of rotatable bonds is 12. The first-order valence-electron chi connectivity index (χ1n) is 12.3. The molecule has 204 valence electrons. The zero-order valence-electron chi connectivity index (χ0n) is 21.7. The number of carboxylic acids is 1. The zero-order chi connectivity index (χ0) is 27.8. The minimum absolute atomic E-state index is 0.0775. The lowest BCUT2D eigenvalue weighted by atomic mass is 9.81. The van der Waals surface area contributed by atoms with Crippen LogP contribution in [0.2, 0.25) is 0 Å². The molecule has 0 aromatic heterocycles. The second kappa shape index (κ2) is 13.1. The fourth-order valence-electron chi connectivity index (χ4n) is 3.85. The van der Waals surface area contributed by atoms with Crippen LogP contribution in [0.5, 0.6) is 11.5 Å². The molecule has 1 saturated carbocycles. The lowest BCUT2D eigenvalue weighted by molar-refractivity contribution is -0.149. The molecular weight excluding hydrogens is 484 g/mol. The Balaban J connectivity index is 1.82. The molecule has 1 fully saturated rings. The van der Waals surface area contributed by atoms with E-state index in [1.165, 1.54) is 6.07 Å². The minimum atomic E-state index is -1.82. The molecular formula is C26H36N2O9. The van der Waals surface area contributed by atoms with Gasteiger partial charge in [0.05, 0.1) is 6.54 Å². The van der Waals surface area contributed by atoms with Crippen LogP contribution in [-0.4, -0.2) is 64.5 Å². The Labute approximate surface area is 215 Å². The van der Waals surface area contributed by atoms with Crippen LogP contribution >= 0.6 is 0 Å². The largest absolute Gasteiger partial charge is 0.504 e. The quantitative estimate of drug-likeness (QED) is 0.239. The van der Waals surface area contributed by atoms with Gasteiger partial charge < -0.3 is 30.3 Å². The Morgan fingerprint density at radius 3 is 2.30 bits per heavy atom. The third kappa shape index (κ3) is 9.07. The summed E-state index contributed by atoms with van der Waals surface area (Å²) in [5.41, 5.74) is -0.449. The Kier molecular flexibility index (Phi) is 10.5. The third-order valence-corrected chi connectivity index (χ3v) is 6.52. The number of ketones is 2. The van der Waals surface area contributed by atoms with Crippen molar-refractivity contribution in [1.82, 2.24) is 10.6 Å². The number of carbonyl (C=O) groups excluding carboxylic acids is 4. The van der Waals surface area contributed by atoms with Crippen molar-refractivity contribution in [1.29, 1.82) is 0 Å². The van der Waals surface area contributed by atoms with E-state index in [9.17, 15) is 29.1 Å². The number of carbonyl (C=O) groups is 5. The van der Waals surface area contributed by atoms with E-state index in [-0.39, 0.29) is 35.6 Å². The van der Waals surface area contributed by atoms with E-state index in [2.05, 4.69) is 10.6 Å². The fourth-order valence-corrected chi connectivity index (χ4v) is 3.85. The smallest absolute Gasteiger partial charge is 0.407 e. The lowest BCUT2D eigenvalue weighted by Crippen LogP contribution is -2.39. The predicted octanol–water partition coefficient (Wildman–Crippen LogP) is 2.83. The summed E-state index contributed by atoms with van der Waals surface area (Å²) in [6.45, 7) is 6.85. The van der Waals surface area contributed by atoms with Crippen molar-refractivity contribution in [2.45, 2.75) is 71.5 Å². The number of hydrogen-bond donors (Lipinski definition) is 4. The molecule has 11 heteroatoms. The van der Waals surface area contributed by atoms with Crippen molar-refractivity contribution in [3.05, 3.63) is 23.8 Å². The van der Waals surface area contributed by atoms with Gasteiger partial charge in [0.2, 0.25) is 5.91 Å². The van der Waals surface area contributed by atoms with Crippen LogP contribution in [0.3, 0.4) is 0 Å². The van der Waals surface area contributed by atoms with E-state index in [0.29, 0.717) is 25.8 Å². The molecule has 0 saturated heterocycles. The van der Waals surface area contributed by atoms with Crippen LogP contribution in [0.25, 0.3) is 0 Å². The van der Waals surface area contributed by atoms with Crippen LogP contribution in [-0.2, 0) is 19.1 Å². The van der Waals surface area contributed by atoms with Crippen molar-refractivity contribution in [3.63, 3.8) is 0 Å².